The molecule has 86 valence electrons. The van der Waals surface area contributed by atoms with E-state index in [1.807, 2.05) is 11.6 Å². The van der Waals surface area contributed by atoms with Crippen LogP contribution in [0.4, 0.5) is 0 Å². The van der Waals surface area contributed by atoms with Gasteiger partial charge in [0.05, 0.1) is 11.4 Å². The van der Waals surface area contributed by atoms with Crippen molar-refractivity contribution in [3.05, 3.63) is 17.5 Å². The van der Waals surface area contributed by atoms with Gasteiger partial charge in [-0.2, -0.15) is 5.10 Å². The number of nitrogens with two attached hydrogens (primary N) is 1. The second-order valence-electron chi connectivity index (χ2n) is 4.63. The maximum atomic E-state index is 5.95. The van der Waals surface area contributed by atoms with E-state index in [2.05, 4.69) is 38.9 Å². The lowest BCUT2D eigenvalue weighted by Gasteiger charge is -2.12. The number of nitrogens with zero attached hydrogens (tertiary/aromatic N) is 2. The Kier molecular flexibility index (Phi) is 3.91. The van der Waals surface area contributed by atoms with Crippen molar-refractivity contribution >= 4 is 0 Å². The molecule has 0 amide bonds. The van der Waals surface area contributed by atoms with Crippen molar-refractivity contribution in [1.29, 1.82) is 0 Å². The summed E-state index contributed by atoms with van der Waals surface area (Å²) >= 11 is 0. The van der Waals surface area contributed by atoms with Crippen molar-refractivity contribution < 1.29 is 0 Å². The summed E-state index contributed by atoms with van der Waals surface area (Å²) in [5.74, 6) is 0.516. The zero-order chi connectivity index (χ0) is 11.6. The summed E-state index contributed by atoms with van der Waals surface area (Å²) in [6, 6.07) is 2.58. The summed E-state index contributed by atoms with van der Waals surface area (Å²) in [6.45, 7) is 10.7. The molecule has 0 radical (unpaired) electrons. The van der Waals surface area contributed by atoms with Gasteiger partial charge < -0.3 is 5.73 Å². The summed E-state index contributed by atoms with van der Waals surface area (Å²) in [5.41, 5.74) is 8.25. The van der Waals surface area contributed by atoms with Crippen LogP contribution in [0.1, 0.15) is 70.4 Å². The van der Waals surface area contributed by atoms with Crippen molar-refractivity contribution in [3.8, 4) is 0 Å². The number of hydrogen-bond donors (Lipinski definition) is 1. The molecule has 0 saturated carbocycles. The Morgan fingerprint density at radius 1 is 1.33 bits per heavy atom. The average Bonchev–Trinajstić information content (AvgIpc) is 2.61. The lowest BCUT2D eigenvalue weighted by atomic mass is 10.0. The predicted molar refractivity (Wildman–Crippen MR) is 63.9 cm³/mol. The minimum atomic E-state index is 0.0534. The molecule has 2 N–H and O–H groups in total. The minimum Gasteiger partial charge on any atom is -0.323 e. The molecule has 0 spiro atoms. The lowest BCUT2D eigenvalue weighted by molar-refractivity contribution is 0.486. The molecule has 0 aliphatic carbocycles. The van der Waals surface area contributed by atoms with Crippen LogP contribution in [-0.2, 0) is 0 Å². The van der Waals surface area contributed by atoms with Crippen LogP contribution in [-0.4, -0.2) is 9.78 Å². The topological polar surface area (TPSA) is 43.8 Å². The molecule has 3 heteroatoms. The van der Waals surface area contributed by atoms with Crippen molar-refractivity contribution in [2.24, 2.45) is 5.73 Å². The molecule has 1 aromatic heterocycles. The van der Waals surface area contributed by atoms with E-state index in [-0.39, 0.29) is 6.04 Å². The Bertz CT molecular complexity index is 287. The van der Waals surface area contributed by atoms with Crippen LogP contribution in [0.15, 0.2) is 6.07 Å². The van der Waals surface area contributed by atoms with Gasteiger partial charge in [0.1, 0.15) is 0 Å². The van der Waals surface area contributed by atoms with E-state index in [0.717, 1.165) is 12.1 Å². The molecule has 0 bridgehead atoms. The van der Waals surface area contributed by atoms with Gasteiger partial charge >= 0.3 is 0 Å². The normalized spacial score (nSPS) is 15.7. The van der Waals surface area contributed by atoms with Crippen LogP contribution >= 0.6 is 0 Å². The van der Waals surface area contributed by atoms with Crippen LogP contribution in [0, 0.1) is 0 Å². The molecule has 0 fully saturated rings. The largest absolute Gasteiger partial charge is 0.323 e. The van der Waals surface area contributed by atoms with E-state index >= 15 is 0 Å². The molecule has 1 heterocycles. The van der Waals surface area contributed by atoms with Gasteiger partial charge in [-0.1, -0.05) is 13.8 Å². The summed E-state index contributed by atoms with van der Waals surface area (Å²) < 4.78 is 2.05. The SMILES string of the molecule is CCC(C)c1cc(C(C)N)n(C(C)C)n1. The minimum absolute atomic E-state index is 0.0534. The zero-order valence-electron chi connectivity index (χ0n) is 10.5. The molecule has 0 aliphatic rings. The Hall–Kier alpha value is -0.830. The van der Waals surface area contributed by atoms with Gasteiger partial charge in [-0.05, 0) is 39.2 Å². The van der Waals surface area contributed by atoms with Crippen LogP contribution < -0.4 is 5.73 Å². The maximum Gasteiger partial charge on any atom is 0.0656 e. The van der Waals surface area contributed by atoms with Gasteiger partial charge in [0, 0.05) is 12.1 Å². The molecule has 0 aromatic carbocycles. The van der Waals surface area contributed by atoms with Gasteiger partial charge in [0.15, 0.2) is 0 Å². The first-order valence-corrected chi connectivity index (χ1v) is 5.82. The van der Waals surface area contributed by atoms with Gasteiger partial charge in [-0.3, -0.25) is 4.68 Å². The molecule has 2 atom stereocenters. The first-order chi connectivity index (χ1) is 6.97. The van der Waals surface area contributed by atoms with Crippen LogP contribution in [0.25, 0.3) is 0 Å². The van der Waals surface area contributed by atoms with Crippen molar-refractivity contribution in [3.63, 3.8) is 0 Å². The smallest absolute Gasteiger partial charge is 0.0656 e. The second kappa shape index (κ2) is 4.79. The van der Waals surface area contributed by atoms with E-state index < -0.39 is 0 Å². The summed E-state index contributed by atoms with van der Waals surface area (Å²) in [7, 11) is 0. The molecule has 1 aromatic rings. The second-order valence-corrected chi connectivity index (χ2v) is 4.63. The zero-order valence-corrected chi connectivity index (χ0v) is 10.5. The maximum absolute atomic E-state index is 5.95. The van der Waals surface area contributed by atoms with Crippen molar-refractivity contribution in [2.45, 2.75) is 59.0 Å². The highest BCUT2D eigenvalue weighted by Gasteiger charge is 2.16. The third kappa shape index (κ3) is 2.59. The van der Waals surface area contributed by atoms with Gasteiger partial charge in [-0.15, -0.1) is 0 Å². The van der Waals surface area contributed by atoms with Crippen molar-refractivity contribution in [1.82, 2.24) is 9.78 Å². The van der Waals surface area contributed by atoms with E-state index in [1.54, 1.807) is 0 Å². The Balaban J connectivity index is 3.09. The Labute approximate surface area is 92.7 Å². The highest BCUT2D eigenvalue weighted by Crippen LogP contribution is 2.23. The molecule has 2 unspecified atom stereocenters. The van der Waals surface area contributed by atoms with Gasteiger partial charge in [-0.25, -0.2) is 0 Å². The third-order valence-electron chi connectivity index (χ3n) is 2.86. The van der Waals surface area contributed by atoms with Crippen LogP contribution in [0.3, 0.4) is 0 Å². The van der Waals surface area contributed by atoms with E-state index in [1.165, 1.54) is 5.69 Å². The summed E-state index contributed by atoms with van der Waals surface area (Å²) in [6.07, 6.45) is 1.12. The fourth-order valence-electron chi connectivity index (χ4n) is 1.63. The molecular formula is C12H23N3. The Morgan fingerprint density at radius 3 is 2.27 bits per heavy atom. The number of hydrogen-bond acceptors (Lipinski definition) is 2. The summed E-state index contributed by atoms with van der Waals surface area (Å²) in [4.78, 5) is 0. The molecule has 3 nitrogen and oxygen atoms in total. The molecule has 0 saturated heterocycles. The standard InChI is InChI=1S/C12H23N3/c1-6-9(4)11-7-12(10(5)13)15(14-11)8(2)3/h7-10H,6,13H2,1-5H3. The van der Waals surface area contributed by atoms with Crippen molar-refractivity contribution in [2.75, 3.05) is 0 Å². The first-order valence-electron chi connectivity index (χ1n) is 5.82. The quantitative estimate of drug-likeness (QED) is 0.828. The Morgan fingerprint density at radius 2 is 1.93 bits per heavy atom. The van der Waals surface area contributed by atoms with Crippen LogP contribution in [0.2, 0.25) is 0 Å². The van der Waals surface area contributed by atoms with Crippen LogP contribution in [0.5, 0.6) is 0 Å². The predicted octanol–water partition coefficient (Wildman–Crippen LogP) is 3.00. The van der Waals surface area contributed by atoms with E-state index in [9.17, 15) is 0 Å². The van der Waals surface area contributed by atoms with Gasteiger partial charge in [0.25, 0.3) is 0 Å². The third-order valence-corrected chi connectivity index (χ3v) is 2.86. The highest BCUT2D eigenvalue weighted by molar-refractivity contribution is 5.17. The molecular weight excluding hydrogens is 186 g/mol. The van der Waals surface area contributed by atoms with Gasteiger partial charge in [0.2, 0.25) is 0 Å². The highest BCUT2D eigenvalue weighted by atomic mass is 15.3. The molecule has 1 rings (SSSR count). The molecule has 0 aliphatic heterocycles. The lowest BCUT2D eigenvalue weighted by Crippen LogP contribution is -2.14. The number of aromatic nitrogens is 2. The van der Waals surface area contributed by atoms with E-state index in [0.29, 0.717) is 12.0 Å². The van der Waals surface area contributed by atoms with E-state index in [4.69, 9.17) is 5.73 Å². The fraction of sp³-hybridized carbons (Fsp3) is 0.750. The summed E-state index contributed by atoms with van der Waals surface area (Å²) in [5, 5.41) is 4.64. The monoisotopic (exact) mass is 209 g/mol. The number of rotatable bonds is 4. The fourth-order valence-corrected chi connectivity index (χ4v) is 1.63. The first kappa shape index (κ1) is 12.2. The molecule has 15 heavy (non-hydrogen) atoms. The average molecular weight is 209 g/mol.